The number of urea groups is 1. The van der Waals surface area contributed by atoms with Crippen molar-refractivity contribution in [3.8, 4) is 41.3 Å². The molecule has 0 saturated heterocycles. The van der Waals surface area contributed by atoms with E-state index in [0.29, 0.717) is 33.6 Å². The lowest BCUT2D eigenvalue weighted by atomic mass is 9.97. The third-order valence-corrected chi connectivity index (χ3v) is 10.0. The number of ether oxygens (including phenoxy) is 4. The van der Waals surface area contributed by atoms with Crippen LogP contribution < -0.4 is 34.7 Å². The van der Waals surface area contributed by atoms with Crippen molar-refractivity contribution in [1.82, 2.24) is 34.4 Å². The van der Waals surface area contributed by atoms with Crippen LogP contribution in [0.3, 0.4) is 0 Å². The number of aromatic nitrogens is 6. The minimum absolute atomic E-state index is 0.0181. The summed E-state index contributed by atoms with van der Waals surface area (Å²) in [6.07, 6.45) is 6.76. The Morgan fingerprint density at radius 1 is 0.938 bits per heavy atom. The van der Waals surface area contributed by atoms with Crippen LogP contribution in [0.4, 0.5) is 10.7 Å². The molecule has 0 saturated carbocycles. The number of fused-ring (bicyclic) bond motifs is 1. The van der Waals surface area contributed by atoms with E-state index in [9.17, 15) is 22.8 Å². The number of aliphatic carboxylic acids is 1. The van der Waals surface area contributed by atoms with Gasteiger partial charge in [0.2, 0.25) is 11.8 Å². The zero-order valence-electron chi connectivity index (χ0n) is 34.4. The number of pyridine rings is 1. The number of carbonyl (C=O) groups excluding carboxylic acids is 1. The second-order valence-corrected chi connectivity index (χ2v) is 16.7. The van der Waals surface area contributed by atoms with Gasteiger partial charge in [0, 0.05) is 23.1 Å². The van der Waals surface area contributed by atoms with Gasteiger partial charge in [-0.1, -0.05) is 73.6 Å². The van der Waals surface area contributed by atoms with Gasteiger partial charge in [-0.05, 0) is 49.4 Å². The second-order valence-electron chi connectivity index (χ2n) is 13.4. The summed E-state index contributed by atoms with van der Waals surface area (Å²) in [6, 6.07) is 14.6. The van der Waals surface area contributed by atoms with E-state index < -0.39 is 39.8 Å². The molecule has 3 aromatic heterocycles. The number of benzene rings is 3. The topological polar surface area (TPSA) is 249 Å². The molecule has 0 unspecified atom stereocenters. The Labute approximate surface area is 386 Å². The van der Waals surface area contributed by atoms with Crippen molar-refractivity contribution in [2.24, 2.45) is 0 Å². The summed E-state index contributed by atoms with van der Waals surface area (Å²) >= 11 is 23.7. The van der Waals surface area contributed by atoms with E-state index in [4.69, 9.17) is 81.3 Å². The molecule has 0 aliphatic heterocycles. The average Bonchev–Trinajstić information content (AvgIpc) is 3.64. The van der Waals surface area contributed by atoms with Crippen molar-refractivity contribution < 1.29 is 46.5 Å². The maximum atomic E-state index is 12.4. The van der Waals surface area contributed by atoms with E-state index in [-0.39, 0.29) is 57.6 Å². The normalized spacial score (nSPS) is 10.9. The lowest BCUT2D eigenvalue weighted by Gasteiger charge is -2.12. The average molecular weight is 981 g/mol. The van der Waals surface area contributed by atoms with Gasteiger partial charge in [-0.3, -0.25) is 10.3 Å². The van der Waals surface area contributed by atoms with Gasteiger partial charge in [-0.2, -0.15) is 19.6 Å². The number of alkyl halides is 1. The Hall–Kier alpha value is -6.37. The van der Waals surface area contributed by atoms with Gasteiger partial charge in [-0.25, -0.2) is 27.5 Å². The molecular formula is C40H38Cl4N8O11S. The maximum absolute atomic E-state index is 12.4. The van der Waals surface area contributed by atoms with E-state index >= 15 is 0 Å². The summed E-state index contributed by atoms with van der Waals surface area (Å²) in [5, 5.41) is 16.8. The standard InChI is InChI=1S/C15H14Cl2N2O3.C14H16ClN5O5S.C11H8ClNO3/c1-5-6-21-12-8-11(9(16)7-10(12)17)19-14(20)22-13(18-19)15(2,3)4;1-9-16-12(19-14(17-9)24-2)18-13(21)20-26(22,23)11-6-4-3-5-10(11)25-8-7-15;12-8-3-4-9(16-6-10(14)15)11-7(8)2-1-5-13-11/h1,7-8H,6H2,2-4H3;3-6H,7-8H2,1-2H3,(H2,16,17,18,19,20,21);1-5H,6H2,(H,14,15). The van der Waals surface area contributed by atoms with Crippen LogP contribution in [0.5, 0.6) is 23.3 Å². The van der Waals surface area contributed by atoms with Crippen LogP contribution in [-0.4, -0.2) is 88.1 Å². The fraction of sp³-hybridized carbons (Fsp3) is 0.250. The Morgan fingerprint density at radius 2 is 1.67 bits per heavy atom. The first-order valence-corrected chi connectivity index (χ1v) is 21.4. The van der Waals surface area contributed by atoms with E-state index in [1.807, 2.05) is 25.5 Å². The van der Waals surface area contributed by atoms with E-state index in [2.05, 4.69) is 36.3 Å². The summed E-state index contributed by atoms with van der Waals surface area (Å²) in [6.45, 7) is 6.97. The van der Waals surface area contributed by atoms with Crippen molar-refractivity contribution in [2.75, 3.05) is 38.1 Å². The number of amides is 2. The first-order chi connectivity index (χ1) is 30.3. The molecule has 64 heavy (non-hydrogen) atoms. The molecule has 338 valence electrons. The molecule has 19 nitrogen and oxygen atoms in total. The molecule has 0 fully saturated rings. The zero-order valence-corrected chi connectivity index (χ0v) is 38.2. The highest BCUT2D eigenvalue weighted by Crippen LogP contribution is 2.33. The lowest BCUT2D eigenvalue weighted by molar-refractivity contribution is -0.139. The van der Waals surface area contributed by atoms with Crippen LogP contribution in [0.1, 0.15) is 32.5 Å². The third kappa shape index (κ3) is 14.1. The van der Waals surface area contributed by atoms with Gasteiger partial charge in [-0.15, -0.1) is 23.1 Å². The van der Waals surface area contributed by atoms with E-state index in [1.165, 1.54) is 37.4 Å². The van der Waals surface area contributed by atoms with Crippen LogP contribution in [0.15, 0.2) is 81.0 Å². The number of carboxylic acid groups (broad SMARTS) is 1. The number of carboxylic acids is 1. The lowest BCUT2D eigenvalue weighted by Crippen LogP contribution is -2.35. The number of methoxy groups -OCH3 is 1. The van der Waals surface area contributed by atoms with Crippen LogP contribution in [-0.2, 0) is 20.2 Å². The Morgan fingerprint density at radius 3 is 2.33 bits per heavy atom. The molecule has 0 atom stereocenters. The number of nitrogens with zero attached hydrogens (tertiary/aromatic N) is 6. The van der Waals surface area contributed by atoms with Gasteiger partial charge < -0.3 is 28.5 Å². The predicted octanol–water partition coefficient (Wildman–Crippen LogP) is 7.11. The molecule has 0 bridgehead atoms. The number of halogens is 4. The third-order valence-electron chi connectivity index (χ3n) is 7.60. The van der Waals surface area contributed by atoms with Crippen molar-refractivity contribution in [2.45, 2.75) is 38.0 Å². The first-order valence-electron chi connectivity index (χ1n) is 18.2. The molecule has 0 aliphatic rings. The second kappa shape index (κ2) is 22.8. The van der Waals surface area contributed by atoms with Gasteiger partial charge in [0.1, 0.15) is 46.7 Å². The van der Waals surface area contributed by atoms with Crippen molar-refractivity contribution in [3.63, 3.8) is 0 Å². The highest BCUT2D eigenvalue weighted by atomic mass is 35.5. The monoisotopic (exact) mass is 978 g/mol. The number of sulfonamides is 1. The molecule has 3 aromatic carbocycles. The number of hydrogen-bond donors (Lipinski definition) is 3. The highest BCUT2D eigenvalue weighted by Gasteiger charge is 2.25. The summed E-state index contributed by atoms with van der Waals surface area (Å²) < 4.78 is 53.6. The van der Waals surface area contributed by atoms with Gasteiger partial charge >= 0.3 is 23.8 Å². The fourth-order valence-electron chi connectivity index (χ4n) is 4.86. The summed E-state index contributed by atoms with van der Waals surface area (Å²) in [5.41, 5.74) is 0.463. The number of nitrogens with one attached hydrogen (secondary N) is 2. The Kier molecular flexibility index (Phi) is 17.9. The molecular weight excluding hydrogens is 942 g/mol. The largest absolute Gasteiger partial charge is 0.491 e. The van der Waals surface area contributed by atoms with Crippen LogP contribution in [0, 0.1) is 19.3 Å². The van der Waals surface area contributed by atoms with Gasteiger partial charge in [0.25, 0.3) is 10.0 Å². The first kappa shape index (κ1) is 50.3. The van der Waals surface area contributed by atoms with Crippen molar-refractivity contribution in [3.05, 3.63) is 104 Å². The summed E-state index contributed by atoms with van der Waals surface area (Å²) in [5.74, 6) is 2.08. The predicted molar refractivity (Wildman–Crippen MR) is 238 cm³/mol. The van der Waals surface area contributed by atoms with Crippen LogP contribution in [0.25, 0.3) is 16.6 Å². The van der Waals surface area contributed by atoms with Crippen molar-refractivity contribution in [1.29, 1.82) is 0 Å². The number of para-hydroxylation sites is 1. The number of carbonyl (C=O) groups is 2. The summed E-state index contributed by atoms with van der Waals surface area (Å²) in [7, 11) is -2.85. The molecule has 0 aliphatic carbocycles. The molecule has 24 heteroatoms. The number of hydrogen-bond acceptors (Lipinski definition) is 15. The molecule has 0 spiro atoms. The minimum atomic E-state index is -4.20. The molecule has 6 rings (SSSR count). The SMILES string of the molecule is C#CCOc1cc(-n2nc(C(C)(C)C)oc2=O)c(Cl)cc1Cl.COc1nc(C)nc(NC(=O)NS(=O)(=O)c2ccccc2OCCCl)n1.O=C(O)COc1ccc(Cl)c2cccnc12. The number of terminal acetylenes is 1. The fourth-order valence-corrected chi connectivity index (χ4v) is 6.73. The van der Waals surface area contributed by atoms with Crippen molar-refractivity contribution >= 4 is 85.3 Å². The molecule has 6 aromatic rings. The summed E-state index contributed by atoms with van der Waals surface area (Å²) in [4.78, 5) is 49.9. The molecule has 3 N–H and O–H groups in total. The molecule has 2 amide bonds. The molecule has 0 radical (unpaired) electrons. The van der Waals surface area contributed by atoms with Crippen LogP contribution in [0.2, 0.25) is 15.1 Å². The quantitative estimate of drug-likeness (QED) is 0.0770. The Balaban J connectivity index is 0.000000216. The molecule has 3 heterocycles. The van der Waals surface area contributed by atoms with Gasteiger partial charge in [0.15, 0.2) is 6.61 Å². The van der Waals surface area contributed by atoms with Crippen LogP contribution >= 0.6 is 46.4 Å². The minimum Gasteiger partial charge on any atom is -0.491 e. The van der Waals surface area contributed by atoms with E-state index in [0.717, 1.165) is 10.1 Å². The van der Waals surface area contributed by atoms with E-state index in [1.54, 1.807) is 43.5 Å². The Bertz CT molecular complexity index is 2830. The number of aryl methyl sites for hydroxylation is 1. The highest BCUT2D eigenvalue weighted by molar-refractivity contribution is 7.90. The van der Waals surface area contributed by atoms with Gasteiger partial charge in [0.05, 0.1) is 33.7 Å². The maximum Gasteiger partial charge on any atom is 0.442 e. The zero-order chi connectivity index (χ0) is 47.2. The smallest absolute Gasteiger partial charge is 0.442 e. The number of rotatable bonds is 13. The number of anilines is 1.